The summed E-state index contributed by atoms with van der Waals surface area (Å²) in [7, 11) is 0. The van der Waals surface area contributed by atoms with E-state index < -0.39 is 12.1 Å². The Bertz CT molecular complexity index is 1280. The van der Waals surface area contributed by atoms with Gasteiger partial charge in [0.05, 0.1) is 5.69 Å². The van der Waals surface area contributed by atoms with E-state index in [1.807, 2.05) is 87.5 Å². The largest absolute Gasteiger partial charge is 0.326 e. The molecule has 0 aliphatic heterocycles. The molecule has 3 aromatic carbocycles. The second-order valence-electron chi connectivity index (χ2n) is 8.11. The van der Waals surface area contributed by atoms with Gasteiger partial charge in [0.15, 0.2) is 0 Å². The number of carbonyl (C=O) groups is 2. The Labute approximate surface area is 196 Å². The Morgan fingerprint density at radius 3 is 2.36 bits per heavy atom. The highest BCUT2D eigenvalue weighted by atomic mass is 32.1. The van der Waals surface area contributed by atoms with Gasteiger partial charge in [0.1, 0.15) is 11.0 Å². The Hall–Kier alpha value is -3.78. The molecule has 7 nitrogen and oxygen atoms in total. The average molecular weight is 460 g/mol. The molecule has 0 radical (unpaired) electrons. The van der Waals surface area contributed by atoms with Crippen LogP contribution in [-0.4, -0.2) is 28.2 Å². The van der Waals surface area contributed by atoms with Crippen molar-refractivity contribution in [2.24, 2.45) is 5.92 Å². The number of aromatic nitrogens is 2. The zero-order valence-electron chi connectivity index (χ0n) is 18.6. The molecular formula is C25H25N5O2S. The van der Waals surface area contributed by atoms with Gasteiger partial charge >= 0.3 is 6.03 Å². The number of urea groups is 1. The first-order valence-corrected chi connectivity index (χ1v) is 11.5. The summed E-state index contributed by atoms with van der Waals surface area (Å²) in [5, 5.41) is 19.8. The summed E-state index contributed by atoms with van der Waals surface area (Å²) >= 11 is 1.29. The number of amides is 3. The lowest BCUT2D eigenvalue weighted by Gasteiger charge is -2.21. The number of hydrogen-bond acceptors (Lipinski definition) is 5. The topological polar surface area (TPSA) is 96.0 Å². The lowest BCUT2D eigenvalue weighted by molar-refractivity contribution is -0.118. The summed E-state index contributed by atoms with van der Waals surface area (Å²) in [6.07, 6.45) is 0. The summed E-state index contributed by atoms with van der Waals surface area (Å²) in [5.41, 5.74) is 2.77. The fourth-order valence-corrected chi connectivity index (χ4v) is 4.19. The summed E-state index contributed by atoms with van der Waals surface area (Å²) in [6.45, 7) is 5.77. The number of rotatable bonds is 6. The predicted octanol–water partition coefficient (Wildman–Crippen LogP) is 5.45. The van der Waals surface area contributed by atoms with Crippen LogP contribution in [0.2, 0.25) is 0 Å². The SMILES string of the molecule is Cc1ccc(-c2nnc(NC(=O)C(NC(=O)Nc3cccc4ccccc34)C(C)C)s2)cc1. The molecule has 4 rings (SSSR count). The van der Waals surface area contributed by atoms with Crippen molar-refractivity contribution < 1.29 is 9.59 Å². The standard InChI is InChI=1S/C25H25N5O2S/c1-15(2)21(27-24(32)26-20-10-6-8-17-7-4-5-9-19(17)20)22(31)28-25-30-29-23(33-25)18-13-11-16(3)12-14-18/h4-15,21H,1-3H3,(H2,26,27,32)(H,28,30,31). The van der Waals surface area contributed by atoms with Crippen LogP contribution in [0.15, 0.2) is 66.7 Å². The number of fused-ring (bicyclic) bond motifs is 1. The summed E-state index contributed by atoms with van der Waals surface area (Å²) in [4.78, 5) is 25.6. The molecule has 0 saturated carbocycles. The van der Waals surface area contributed by atoms with E-state index in [0.29, 0.717) is 15.8 Å². The van der Waals surface area contributed by atoms with Crippen LogP contribution in [-0.2, 0) is 4.79 Å². The minimum atomic E-state index is -0.744. The number of anilines is 2. The van der Waals surface area contributed by atoms with Gasteiger partial charge in [-0.3, -0.25) is 10.1 Å². The van der Waals surface area contributed by atoms with Crippen molar-refractivity contribution in [1.29, 1.82) is 0 Å². The molecule has 0 bridgehead atoms. The zero-order valence-corrected chi connectivity index (χ0v) is 19.4. The van der Waals surface area contributed by atoms with E-state index in [0.717, 1.165) is 21.9 Å². The maximum Gasteiger partial charge on any atom is 0.319 e. The van der Waals surface area contributed by atoms with Gasteiger partial charge in [-0.25, -0.2) is 4.79 Å². The van der Waals surface area contributed by atoms with Crippen LogP contribution >= 0.6 is 11.3 Å². The maximum atomic E-state index is 12.9. The molecule has 0 aliphatic carbocycles. The smallest absolute Gasteiger partial charge is 0.319 e. The minimum Gasteiger partial charge on any atom is -0.326 e. The molecule has 0 spiro atoms. The molecule has 3 N–H and O–H groups in total. The van der Waals surface area contributed by atoms with Crippen LogP contribution < -0.4 is 16.0 Å². The fraction of sp³-hybridized carbons (Fsp3) is 0.200. The van der Waals surface area contributed by atoms with Gasteiger partial charge in [0, 0.05) is 10.9 Å². The molecule has 33 heavy (non-hydrogen) atoms. The van der Waals surface area contributed by atoms with E-state index in [1.165, 1.54) is 11.3 Å². The highest BCUT2D eigenvalue weighted by Gasteiger charge is 2.25. The van der Waals surface area contributed by atoms with Crippen LogP contribution in [0.3, 0.4) is 0 Å². The van der Waals surface area contributed by atoms with Crippen molar-refractivity contribution in [3.8, 4) is 10.6 Å². The molecule has 0 fully saturated rings. The van der Waals surface area contributed by atoms with E-state index in [9.17, 15) is 9.59 Å². The van der Waals surface area contributed by atoms with E-state index >= 15 is 0 Å². The third-order valence-corrected chi connectivity index (χ3v) is 6.11. The van der Waals surface area contributed by atoms with Gasteiger partial charge in [-0.05, 0) is 24.3 Å². The summed E-state index contributed by atoms with van der Waals surface area (Å²) in [5.74, 6) is -0.475. The average Bonchev–Trinajstić information content (AvgIpc) is 3.26. The van der Waals surface area contributed by atoms with Gasteiger partial charge in [-0.2, -0.15) is 0 Å². The first kappa shape index (κ1) is 22.4. The van der Waals surface area contributed by atoms with Crippen LogP contribution in [0.4, 0.5) is 15.6 Å². The van der Waals surface area contributed by atoms with Gasteiger partial charge in [0.25, 0.3) is 0 Å². The molecule has 0 aliphatic rings. The molecular weight excluding hydrogens is 434 g/mol. The molecule has 1 unspecified atom stereocenters. The van der Waals surface area contributed by atoms with E-state index in [1.54, 1.807) is 0 Å². The quantitative estimate of drug-likeness (QED) is 0.357. The number of nitrogens with one attached hydrogen (secondary N) is 3. The molecule has 4 aromatic rings. The van der Waals surface area contributed by atoms with E-state index in [2.05, 4.69) is 26.1 Å². The number of benzene rings is 3. The predicted molar refractivity (Wildman–Crippen MR) is 133 cm³/mol. The van der Waals surface area contributed by atoms with Crippen molar-refractivity contribution in [3.63, 3.8) is 0 Å². The first-order chi connectivity index (χ1) is 15.9. The normalized spacial score (nSPS) is 11.9. The minimum absolute atomic E-state index is 0.132. The lowest BCUT2D eigenvalue weighted by atomic mass is 10.0. The molecule has 3 amide bonds. The number of nitrogens with zero attached hydrogens (tertiary/aromatic N) is 2. The first-order valence-electron chi connectivity index (χ1n) is 10.7. The highest BCUT2D eigenvalue weighted by Crippen LogP contribution is 2.27. The molecule has 1 aromatic heterocycles. The van der Waals surface area contributed by atoms with Crippen molar-refractivity contribution in [3.05, 3.63) is 72.3 Å². The number of hydrogen-bond donors (Lipinski definition) is 3. The van der Waals surface area contributed by atoms with Crippen LogP contribution in [0.1, 0.15) is 19.4 Å². The fourth-order valence-electron chi connectivity index (χ4n) is 3.44. The Kier molecular flexibility index (Phi) is 6.65. The molecule has 8 heteroatoms. The third-order valence-electron chi connectivity index (χ3n) is 5.23. The number of carbonyl (C=O) groups excluding carboxylic acids is 2. The monoisotopic (exact) mass is 459 g/mol. The van der Waals surface area contributed by atoms with E-state index in [-0.39, 0.29) is 11.8 Å². The third kappa shape index (κ3) is 5.35. The van der Waals surface area contributed by atoms with Crippen LogP contribution in [0.25, 0.3) is 21.3 Å². The van der Waals surface area contributed by atoms with Gasteiger partial charge in [-0.1, -0.05) is 91.4 Å². The summed E-state index contributed by atoms with van der Waals surface area (Å²) < 4.78 is 0. The lowest BCUT2D eigenvalue weighted by Crippen LogP contribution is -2.48. The molecule has 1 heterocycles. The van der Waals surface area contributed by atoms with Crippen molar-refractivity contribution in [2.75, 3.05) is 10.6 Å². The van der Waals surface area contributed by atoms with Crippen molar-refractivity contribution in [2.45, 2.75) is 26.8 Å². The second kappa shape index (κ2) is 9.79. The second-order valence-corrected chi connectivity index (χ2v) is 9.09. The van der Waals surface area contributed by atoms with Crippen molar-refractivity contribution >= 4 is 44.9 Å². The van der Waals surface area contributed by atoms with Crippen LogP contribution in [0.5, 0.6) is 0 Å². The Morgan fingerprint density at radius 1 is 0.879 bits per heavy atom. The molecule has 168 valence electrons. The Morgan fingerprint density at radius 2 is 1.61 bits per heavy atom. The van der Waals surface area contributed by atoms with Gasteiger partial charge < -0.3 is 10.6 Å². The highest BCUT2D eigenvalue weighted by molar-refractivity contribution is 7.18. The maximum absolute atomic E-state index is 12.9. The van der Waals surface area contributed by atoms with E-state index in [4.69, 9.17) is 0 Å². The van der Waals surface area contributed by atoms with Gasteiger partial charge in [-0.15, -0.1) is 10.2 Å². The number of aryl methyl sites for hydroxylation is 1. The molecule has 1 atom stereocenters. The summed E-state index contributed by atoms with van der Waals surface area (Å²) in [6, 6.07) is 20.2. The zero-order chi connectivity index (χ0) is 23.4. The van der Waals surface area contributed by atoms with Crippen LogP contribution in [0, 0.1) is 12.8 Å². The van der Waals surface area contributed by atoms with Gasteiger partial charge in [0.2, 0.25) is 11.0 Å². The van der Waals surface area contributed by atoms with Crippen molar-refractivity contribution in [1.82, 2.24) is 15.5 Å². The Balaban J connectivity index is 1.43. The molecule has 0 saturated heterocycles.